The normalized spacial score (nSPS) is 11.1. The maximum atomic E-state index is 12.4. The lowest BCUT2D eigenvalue weighted by atomic mass is 10.1. The molecular formula is C16H17N5O2. The van der Waals surface area contributed by atoms with Gasteiger partial charge < -0.3 is 10.3 Å². The largest absolute Gasteiger partial charge is 0.345 e. The number of nitrogens with one attached hydrogen (secondary N) is 3. The highest BCUT2D eigenvalue weighted by Crippen LogP contribution is 2.15. The first kappa shape index (κ1) is 15.0. The number of aromatic amines is 2. The van der Waals surface area contributed by atoms with Crippen molar-refractivity contribution >= 4 is 22.8 Å². The summed E-state index contributed by atoms with van der Waals surface area (Å²) >= 11 is 0. The van der Waals surface area contributed by atoms with Gasteiger partial charge in [-0.05, 0) is 25.0 Å². The van der Waals surface area contributed by atoms with E-state index < -0.39 is 5.91 Å². The molecule has 7 nitrogen and oxygen atoms in total. The molecule has 1 amide bonds. The topological polar surface area (TPSA) is 104 Å². The van der Waals surface area contributed by atoms with Gasteiger partial charge in [0.15, 0.2) is 5.82 Å². The summed E-state index contributed by atoms with van der Waals surface area (Å²) in [6, 6.07) is 5.16. The molecule has 0 spiro atoms. The highest BCUT2D eigenvalue weighted by atomic mass is 16.2. The maximum Gasteiger partial charge on any atom is 0.262 e. The third-order valence-corrected chi connectivity index (χ3v) is 3.58. The average Bonchev–Trinajstić information content (AvgIpc) is 2.96. The Morgan fingerprint density at radius 3 is 2.78 bits per heavy atom. The van der Waals surface area contributed by atoms with E-state index in [0.29, 0.717) is 16.9 Å². The van der Waals surface area contributed by atoms with Crippen LogP contribution < -0.4 is 10.7 Å². The number of rotatable bonds is 3. The number of pyridine rings is 2. The summed E-state index contributed by atoms with van der Waals surface area (Å²) in [5.41, 5.74) is 1.84. The lowest BCUT2D eigenvalue weighted by Crippen LogP contribution is -2.22. The van der Waals surface area contributed by atoms with Crippen molar-refractivity contribution in [3.63, 3.8) is 0 Å². The summed E-state index contributed by atoms with van der Waals surface area (Å²) in [4.78, 5) is 31.9. The van der Waals surface area contributed by atoms with Crippen LogP contribution in [-0.2, 0) is 0 Å². The maximum absolute atomic E-state index is 12.4. The zero-order valence-electron chi connectivity index (χ0n) is 13.1. The molecule has 0 radical (unpaired) electrons. The standard InChI is InChI=1S/C16H17N5O2/c1-8(2)12-6-13(21-20-12)19-16(23)11-7-17-15-10(14(11)22)5-4-9(3)18-15/h4-8H,1-3H3,(H,17,18,22)(H2,19,20,21,23). The molecule has 0 aliphatic heterocycles. The van der Waals surface area contributed by atoms with E-state index >= 15 is 0 Å². The first-order chi connectivity index (χ1) is 11.0. The predicted molar refractivity (Wildman–Crippen MR) is 87.7 cm³/mol. The van der Waals surface area contributed by atoms with Crippen molar-refractivity contribution in [1.82, 2.24) is 20.2 Å². The zero-order valence-corrected chi connectivity index (χ0v) is 13.1. The second-order valence-corrected chi connectivity index (χ2v) is 5.70. The number of anilines is 1. The van der Waals surface area contributed by atoms with Gasteiger partial charge in [-0.2, -0.15) is 5.10 Å². The van der Waals surface area contributed by atoms with Crippen molar-refractivity contribution in [1.29, 1.82) is 0 Å². The van der Waals surface area contributed by atoms with Gasteiger partial charge in [-0.3, -0.25) is 14.7 Å². The lowest BCUT2D eigenvalue weighted by Gasteiger charge is -2.03. The molecule has 0 atom stereocenters. The van der Waals surface area contributed by atoms with Crippen LogP contribution in [0.1, 0.15) is 41.5 Å². The molecule has 3 aromatic rings. The Morgan fingerprint density at radius 1 is 1.30 bits per heavy atom. The van der Waals surface area contributed by atoms with Crippen LogP contribution >= 0.6 is 0 Å². The number of aromatic nitrogens is 4. The van der Waals surface area contributed by atoms with E-state index in [-0.39, 0.29) is 16.9 Å². The van der Waals surface area contributed by atoms with Gasteiger partial charge in [0.05, 0.1) is 5.39 Å². The fraction of sp³-hybridized carbons (Fsp3) is 0.250. The summed E-state index contributed by atoms with van der Waals surface area (Å²) in [7, 11) is 0. The zero-order chi connectivity index (χ0) is 16.6. The van der Waals surface area contributed by atoms with Gasteiger partial charge in [0, 0.05) is 23.7 Å². The lowest BCUT2D eigenvalue weighted by molar-refractivity contribution is 0.102. The Bertz CT molecular complexity index is 939. The van der Waals surface area contributed by atoms with Crippen LogP contribution in [0, 0.1) is 6.92 Å². The molecule has 3 heterocycles. The number of H-pyrrole nitrogens is 2. The first-order valence-corrected chi connectivity index (χ1v) is 7.31. The fourth-order valence-corrected chi connectivity index (χ4v) is 2.25. The summed E-state index contributed by atoms with van der Waals surface area (Å²) < 4.78 is 0. The molecule has 0 aliphatic carbocycles. The van der Waals surface area contributed by atoms with Crippen LogP contribution in [0.2, 0.25) is 0 Å². The van der Waals surface area contributed by atoms with E-state index in [4.69, 9.17) is 0 Å². The summed E-state index contributed by atoms with van der Waals surface area (Å²) in [5.74, 6) is 0.155. The minimum atomic E-state index is -0.504. The Morgan fingerprint density at radius 2 is 2.09 bits per heavy atom. The molecule has 3 rings (SSSR count). The molecule has 118 valence electrons. The predicted octanol–water partition coefficient (Wildman–Crippen LogP) is 2.33. The molecule has 0 unspecified atom stereocenters. The van der Waals surface area contributed by atoms with Gasteiger partial charge >= 0.3 is 0 Å². The van der Waals surface area contributed by atoms with E-state index in [9.17, 15) is 9.59 Å². The van der Waals surface area contributed by atoms with E-state index in [1.807, 2.05) is 20.8 Å². The van der Waals surface area contributed by atoms with E-state index in [0.717, 1.165) is 11.4 Å². The number of hydrogen-bond donors (Lipinski definition) is 3. The number of hydrogen-bond acceptors (Lipinski definition) is 4. The molecule has 0 saturated heterocycles. The van der Waals surface area contributed by atoms with Crippen molar-refractivity contribution in [2.45, 2.75) is 26.7 Å². The summed E-state index contributed by atoms with van der Waals surface area (Å²) in [6.45, 7) is 5.87. The minimum Gasteiger partial charge on any atom is -0.345 e. The van der Waals surface area contributed by atoms with Crippen LogP contribution in [0.3, 0.4) is 0 Å². The van der Waals surface area contributed by atoms with Crippen LogP contribution in [0.25, 0.3) is 11.0 Å². The molecule has 0 fully saturated rings. The van der Waals surface area contributed by atoms with Gasteiger partial charge in [-0.15, -0.1) is 0 Å². The van der Waals surface area contributed by atoms with Crippen molar-refractivity contribution in [2.24, 2.45) is 0 Å². The van der Waals surface area contributed by atoms with Crippen LogP contribution in [0.15, 0.2) is 29.2 Å². The van der Waals surface area contributed by atoms with Crippen molar-refractivity contribution in [2.75, 3.05) is 5.32 Å². The Kier molecular flexibility index (Phi) is 3.69. The van der Waals surface area contributed by atoms with Crippen molar-refractivity contribution in [3.8, 4) is 0 Å². The molecule has 0 aliphatic rings. The van der Waals surface area contributed by atoms with Gasteiger partial charge in [-0.25, -0.2) is 4.98 Å². The van der Waals surface area contributed by atoms with E-state index in [1.54, 1.807) is 18.2 Å². The second kappa shape index (κ2) is 5.68. The molecule has 23 heavy (non-hydrogen) atoms. The van der Waals surface area contributed by atoms with Gasteiger partial charge in [0.1, 0.15) is 11.2 Å². The number of carbonyl (C=O) groups excluding carboxylic acids is 1. The van der Waals surface area contributed by atoms with Crippen molar-refractivity contribution in [3.05, 3.63) is 51.6 Å². The number of amides is 1. The minimum absolute atomic E-state index is 0.0252. The highest BCUT2D eigenvalue weighted by molar-refractivity contribution is 6.05. The number of carbonyl (C=O) groups is 1. The molecular weight excluding hydrogens is 294 g/mol. The fourth-order valence-electron chi connectivity index (χ4n) is 2.25. The van der Waals surface area contributed by atoms with Gasteiger partial charge in [-0.1, -0.05) is 13.8 Å². The van der Waals surface area contributed by atoms with Crippen LogP contribution in [-0.4, -0.2) is 26.1 Å². The Labute approximate surface area is 132 Å². The number of nitrogens with zero attached hydrogens (tertiary/aromatic N) is 2. The Balaban J connectivity index is 1.93. The van der Waals surface area contributed by atoms with Crippen molar-refractivity contribution < 1.29 is 4.79 Å². The smallest absolute Gasteiger partial charge is 0.262 e. The molecule has 7 heteroatoms. The van der Waals surface area contributed by atoms with Crippen LogP contribution in [0.5, 0.6) is 0 Å². The highest BCUT2D eigenvalue weighted by Gasteiger charge is 2.15. The molecule has 0 aromatic carbocycles. The number of fused-ring (bicyclic) bond motifs is 1. The third-order valence-electron chi connectivity index (χ3n) is 3.58. The number of aryl methyl sites for hydroxylation is 1. The monoisotopic (exact) mass is 311 g/mol. The van der Waals surface area contributed by atoms with Gasteiger partial charge in [0.2, 0.25) is 5.43 Å². The molecule has 0 bridgehead atoms. The quantitative estimate of drug-likeness (QED) is 0.690. The van der Waals surface area contributed by atoms with E-state index in [1.165, 1.54) is 6.20 Å². The second-order valence-electron chi connectivity index (χ2n) is 5.70. The molecule has 3 aromatic heterocycles. The van der Waals surface area contributed by atoms with Crippen LogP contribution in [0.4, 0.5) is 5.82 Å². The summed E-state index contributed by atoms with van der Waals surface area (Å²) in [6.07, 6.45) is 1.38. The Hall–Kier alpha value is -2.96. The van der Waals surface area contributed by atoms with E-state index in [2.05, 4.69) is 25.5 Å². The average molecular weight is 311 g/mol. The first-order valence-electron chi connectivity index (χ1n) is 7.31. The third kappa shape index (κ3) is 2.85. The molecule has 0 saturated carbocycles. The SMILES string of the molecule is Cc1ccc2c(=O)c(C(=O)Nc3cc(C(C)C)[nH]n3)c[nH]c2n1. The summed E-state index contributed by atoms with van der Waals surface area (Å²) in [5, 5.41) is 9.89. The molecule has 3 N–H and O–H groups in total. The van der Waals surface area contributed by atoms with Gasteiger partial charge in [0.25, 0.3) is 5.91 Å².